The third-order valence-corrected chi connectivity index (χ3v) is 4.94. The summed E-state index contributed by atoms with van der Waals surface area (Å²) >= 11 is 0. The van der Waals surface area contributed by atoms with Gasteiger partial charge >= 0.3 is 11.1 Å². The molecule has 0 atom stereocenters. The number of ether oxygens (including phenoxy) is 2. The summed E-state index contributed by atoms with van der Waals surface area (Å²) in [5.41, 5.74) is -0.638. The molecule has 1 aromatic carbocycles. The maximum absolute atomic E-state index is 12.5. The molecular weight excluding hydrogens is 366 g/mol. The van der Waals surface area contributed by atoms with Gasteiger partial charge in [0.2, 0.25) is 11.9 Å². The summed E-state index contributed by atoms with van der Waals surface area (Å²) in [6.07, 6.45) is 0. The molecule has 0 radical (unpaired) electrons. The van der Waals surface area contributed by atoms with Crippen molar-refractivity contribution in [3.05, 3.63) is 45.0 Å². The highest BCUT2D eigenvalue weighted by Gasteiger charge is 2.27. The zero-order valence-electron chi connectivity index (χ0n) is 15.5. The van der Waals surface area contributed by atoms with Crippen molar-refractivity contribution < 1.29 is 14.3 Å². The number of methoxy groups -OCH3 is 1. The van der Waals surface area contributed by atoms with Gasteiger partial charge in [-0.1, -0.05) is 0 Å². The SMILES string of the molecule is COc1ccc(N2CCn3c2nn(CC(=O)N2CCOCC2)c(=O)c3=O)cc1. The smallest absolute Gasteiger partial charge is 0.333 e. The molecule has 1 fully saturated rings. The molecule has 2 aromatic rings. The Hall–Kier alpha value is -3.14. The molecule has 1 amide bonds. The second-order valence-electron chi connectivity index (χ2n) is 6.56. The van der Waals surface area contributed by atoms with Crippen LogP contribution in [0.25, 0.3) is 0 Å². The minimum absolute atomic E-state index is 0.253. The molecule has 2 aliphatic heterocycles. The first-order valence-corrected chi connectivity index (χ1v) is 9.07. The Morgan fingerprint density at radius 3 is 2.46 bits per heavy atom. The van der Waals surface area contributed by atoms with Crippen LogP contribution in [-0.4, -0.2) is 65.1 Å². The van der Waals surface area contributed by atoms with Crippen LogP contribution >= 0.6 is 0 Å². The first-order valence-electron chi connectivity index (χ1n) is 9.07. The van der Waals surface area contributed by atoms with Crippen molar-refractivity contribution in [1.82, 2.24) is 19.2 Å². The number of aromatic nitrogens is 3. The van der Waals surface area contributed by atoms with Gasteiger partial charge in [-0.15, -0.1) is 5.10 Å². The molecular formula is C18H21N5O5. The van der Waals surface area contributed by atoms with Crippen LogP contribution < -0.4 is 20.8 Å². The van der Waals surface area contributed by atoms with Crippen molar-refractivity contribution in [3.8, 4) is 5.75 Å². The number of rotatable bonds is 4. The topological polar surface area (TPSA) is 98.9 Å². The zero-order valence-corrected chi connectivity index (χ0v) is 15.5. The molecule has 10 heteroatoms. The molecule has 0 saturated carbocycles. The fourth-order valence-corrected chi connectivity index (χ4v) is 3.38. The van der Waals surface area contributed by atoms with Gasteiger partial charge in [0.1, 0.15) is 12.3 Å². The average molecular weight is 387 g/mol. The number of hydrogen-bond donors (Lipinski definition) is 0. The quantitative estimate of drug-likeness (QED) is 0.648. The van der Waals surface area contributed by atoms with E-state index in [0.717, 1.165) is 16.1 Å². The summed E-state index contributed by atoms with van der Waals surface area (Å²) < 4.78 is 12.7. The fraction of sp³-hybridized carbons (Fsp3) is 0.444. The van der Waals surface area contributed by atoms with Gasteiger partial charge in [-0.3, -0.25) is 19.0 Å². The number of carbonyl (C=O) groups is 1. The summed E-state index contributed by atoms with van der Waals surface area (Å²) in [6.45, 7) is 2.47. The first kappa shape index (κ1) is 18.2. The van der Waals surface area contributed by atoms with Gasteiger partial charge in [0, 0.05) is 31.9 Å². The first-order chi connectivity index (χ1) is 13.6. The number of anilines is 2. The van der Waals surface area contributed by atoms with Gasteiger partial charge in [0.15, 0.2) is 0 Å². The van der Waals surface area contributed by atoms with Crippen LogP contribution in [0.2, 0.25) is 0 Å². The normalized spacial score (nSPS) is 16.2. The van der Waals surface area contributed by atoms with Crippen molar-refractivity contribution in [3.63, 3.8) is 0 Å². The minimum atomic E-state index is -0.790. The Morgan fingerprint density at radius 1 is 1.07 bits per heavy atom. The minimum Gasteiger partial charge on any atom is -0.497 e. The van der Waals surface area contributed by atoms with Gasteiger partial charge < -0.3 is 19.3 Å². The third-order valence-electron chi connectivity index (χ3n) is 4.94. The summed E-state index contributed by atoms with van der Waals surface area (Å²) in [4.78, 5) is 40.9. The van der Waals surface area contributed by atoms with Crippen LogP contribution in [0.4, 0.5) is 11.6 Å². The molecule has 3 heterocycles. The summed E-state index contributed by atoms with van der Waals surface area (Å²) in [5.74, 6) is 0.815. The van der Waals surface area contributed by atoms with E-state index >= 15 is 0 Å². The molecule has 1 aromatic heterocycles. The van der Waals surface area contributed by atoms with Crippen molar-refractivity contribution in [1.29, 1.82) is 0 Å². The molecule has 0 N–H and O–H groups in total. The van der Waals surface area contributed by atoms with Gasteiger partial charge in [-0.2, -0.15) is 0 Å². The van der Waals surface area contributed by atoms with Crippen LogP contribution in [-0.2, 0) is 22.6 Å². The van der Waals surface area contributed by atoms with Crippen LogP contribution in [0.1, 0.15) is 0 Å². The van der Waals surface area contributed by atoms with E-state index in [1.165, 1.54) is 4.57 Å². The third kappa shape index (κ3) is 3.26. The predicted molar refractivity (Wildman–Crippen MR) is 100 cm³/mol. The maximum Gasteiger partial charge on any atom is 0.333 e. The van der Waals surface area contributed by atoms with E-state index < -0.39 is 11.1 Å². The molecule has 0 unspecified atom stereocenters. The maximum atomic E-state index is 12.5. The molecule has 28 heavy (non-hydrogen) atoms. The number of carbonyl (C=O) groups excluding carboxylic acids is 1. The van der Waals surface area contributed by atoms with E-state index in [0.29, 0.717) is 45.3 Å². The average Bonchev–Trinajstić information content (AvgIpc) is 3.16. The number of amides is 1. The highest BCUT2D eigenvalue weighted by atomic mass is 16.5. The molecule has 0 aliphatic carbocycles. The number of hydrogen-bond acceptors (Lipinski definition) is 7. The largest absolute Gasteiger partial charge is 0.497 e. The number of fused-ring (bicyclic) bond motifs is 1. The zero-order chi connectivity index (χ0) is 19.7. The Balaban J connectivity index is 1.65. The molecule has 2 aliphatic rings. The van der Waals surface area contributed by atoms with Crippen molar-refractivity contribution in [2.24, 2.45) is 0 Å². The summed E-state index contributed by atoms with van der Waals surface area (Å²) in [7, 11) is 1.59. The van der Waals surface area contributed by atoms with E-state index in [9.17, 15) is 14.4 Å². The van der Waals surface area contributed by atoms with Crippen LogP contribution in [0.3, 0.4) is 0 Å². The summed E-state index contributed by atoms with van der Waals surface area (Å²) in [6, 6.07) is 7.34. The van der Waals surface area contributed by atoms with E-state index in [2.05, 4.69) is 5.10 Å². The van der Waals surface area contributed by atoms with Crippen molar-refractivity contribution in [2.45, 2.75) is 13.1 Å². The van der Waals surface area contributed by atoms with E-state index in [4.69, 9.17) is 9.47 Å². The monoisotopic (exact) mass is 387 g/mol. The second kappa shape index (κ2) is 7.47. The number of morpholine rings is 1. The van der Waals surface area contributed by atoms with Crippen molar-refractivity contribution in [2.75, 3.05) is 44.9 Å². The fourth-order valence-electron chi connectivity index (χ4n) is 3.38. The van der Waals surface area contributed by atoms with Gasteiger partial charge in [-0.25, -0.2) is 4.68 Å². The highest BCUT2D eigenvalue weighted by molar-refractivity contribution is 5.76. The molecule has 0 bridgehead atoms. The van der Waals surface area contributed by atoms with Gasteiger partial charge in [-0.05, 0) is 24.3 Å². The molecule has 10 nitrogen and oxygen atoms in total. The van der Waals surface area contributed by atoms with E-state index in [1.807, 2.05) is 29.2 Å². The Morgan fingerprint density at radius 2 is 1.79 bits per heavy atom. The number of benzene rings is 1. The number of nitrogens with zero attached hydrogens (tertiary/aromatic N) is 5. The van der Waals surface area contributed by atoms with E-state index in [-0.39, 0.29) is 12.5 Å². The van der Waals surface area contributed by atoms with Crippen LogP contribution in [0.5, 0.6) is 5.75 Å². The Kier molecular flexibility index (Phi) is 4.86. The van der Waals surface area contributed by atoms with Crippen molar-refractivity contribution >= 4 is 17.5 Å². The summed E-state index contributed by atoms with van der Waals surface area (Å²) in [5, 5.41) is 4.33. The molecule has 148 valence electrons. The Bertz CT molecular complexity index is 991. The lowest BCUT2D eigenvalue weighted by atomic mass is 10.3. The Labute approximate surface area is 160 Å². The van der Waals surface area contributed by atoms with E-state index in [1.54, 1.807) is 12.0 Å². The molecule has 0 spiro atoms. The molecule has 4 rings (SSSR count). The lowest BCUT2D eigenvalue weighted by molar-refractivity contribution is -0.136. The van der Waals surface area contributed by atoms with Gasteiger partial charge in [0.05, 0.1) is 20.3 Å². The van der Waals surface area contributed by atoms with Crippen LogP contribution in [0, 0.1) is 0 Å². The predicted octanol–water partition coefficient (Wildman–Crippen LogP) is -0.576. The lowest BCUT2D eigenvalue weighted by Crippen LogP contribution is -2.47. The molecule has 1 saturated heterocycles. The standard InChI is InChI=1S/C18H21N5O5/c1-27-14-4-2-13(3-5-14)21-6-7-22-16(25)17(26)23(19-18(21)22)12-15(24)20-8-10-28-11-9-20/h2-5H,6-12H2,1H3. The lowest BCUT2D eigenvalue weighted by Gasteiger charge is -2.27. The second-order valence-corrected chi connectivity index (χ2v) is 6.56. The highest BCUT2D eigenvalue weighted by Crippen LogP contribution is 2.27. The van der Waals surface area contributed by atoms with Crippen LogP contribution in [0.15, 0.2) is 33.9 Å². The van der Waals surface area contributed by atoms with Gasteiger partial charge in [0.25, 0.3) is 0 Å².